The van der Waals surface area contributed by atoms with Gasteiger partial charge in [-0.25, -0.2) is 0 Å². The Labute approximate surface area is 119 Å². The third kappa shape index (κ3) is 2.60. The predicted molar refractivity (Wildman–Crippen MR) is 75.8 cm³/mol. The summed E-state index contributed by atoms with van der Waals surface area (Å²) in [5, 5.41) is 11.0. The molecule has 0 aromatic heterocycles. The molecule has 0 amide bonds. The van der Waals surface area contributed by atoms with Crippen LogP contribution in [-0.4, -0.2) is 35.3 Å². The van der Waals surface area contributed by atoms with Crippen LogP contribution in [0, 0.1) is 0 Å². The van der Waals surface area contributed by atoms with Crippen LogP contribution in [0.25, 0.3) is 0 Å². The number of β-amino-alcohol motifs (C(OH)–C–C–N with tert-alkyl or cyclic N) is 1. The zero-order valence-corrected chi connectivity index (χ0v) is 12.0. The summed E-state index contributed by atoms with van der Waals surface area (Å²) in [6.07, 6.45) is 2.86. The number of benzene rings is 1. The molecule has 0 saturated carbocycles. The molecule has 1 N–H and O–H groups in total. The van der Waals surface area contributed by atoms with Crippen LogP contribution in [0.2, 0.25) is 5.02 Å². The number of ether oxygens (including phenoxy) is 1. The van der Waals surface area contributed by atoms with E-state index in [0.29, 0.717) is 0 Å². The zero-order valence-electron chi connectivity index (χ0n) is 11.3. The second kappa shape index (κ2) is 4.97. The topological polar surface area (TPSA) is 32.7 Å². The lowest BCUT2D eigenvalue weighted by Gasteiger charge is -2.46. The van der Waals surface area contributed by atoms with E-state index in [0.717, 1.165) is 61.8 Å². The second-order valence-corrected chi connectivity index (χ2v) is 6.21. The second-order valence-electron chi connectivity index (χ2n) is 5.77. The van der Waals surface area contributed by atoms with Crippen molar-refractivity contribution in [1.82, 2.24) is 4.90 Å². The largest absolute Gasteiger partial charge is 0.493 e. The summed E-state index contributed by atoms with van der Waals surface area (Å²) in [6.45, 7) is 5.18. The molecule has 19 heavy (non-hydrogen) atoms. The van der Waals surface area contributed by atoms with E-state index >= 15 is 0 Å². The number of halogens is 1. The van der Waals surface area contributed by atoms with Crippen molar-refractivity contribution in [3.05, 3.63) is 28.3 Å². The van der Waals surface area contributed by atoms with Gasteiger partial charge in [-0.05, 0) is 24.1 Å². The molecule has 3 nitrogen and oxygen atoms in total. The number of aliphatic hydroxyl groups is 1. The molecule has 0 unspecified atom stereocenters. The van der Waals surface area contributed by atoms with Crippen LogP contribution in [0.3, 0.4) is 0 Å². The first-order valence-corrected chi connectivity index (χ1v) is 7.36. The van der Waals surface area contributed by atoms with Crippen LogP contribution in [0.5, 0.6) is 5.75 Å². The van der Waals surface area contributed by atoms with Gasteiger partial charge in [-0.3, -0.25) is 4.90 Å². The maximum absolute atomic E-state index is 10.2. The maximum atomic E-state index is 10.2. The van der Waals surface area contributed by atoms with Gasteiger partial charge in [0, 0.05) is 36.6 Å². The highest BCUT2D eigenvalue weighted by molar-refractivity contribution is 6.30. The Balaban J connectivity index is 1.69. The standard InChI is InChI=1S/C15H20ClNO2/c1-2-4-15(18)9-17(10-15)8-12-7-13(16)6-11-3-5-19-14(11)12/h6-7,18H,2-5,8-10H2,1H3. The molecule has 0 spiro atoms. The molecule has 0 radical (unpaired) electrons. The van der Waals surface area contributed by atoms with Gasteiger partial charge in [-0.2, -0.15) is 0 Å². The van der Waals surface area contributed by atoms with Crippen LogP contribution >= 0.6 is 11.6 Å². The average molecular weight is 282 g/mol. The molecule has 2 heterocycles. The maximum Gasteiger partial charge on any atom is 0.127 e. The SMILES string of the molecule is CCCC1(O)CN(Cc2cc(Cl)cc3c2OCC3)C1. The van der Waals surface area contributed by atoms with Gasteiger partial charge < -0.3 is 9.84 Å². The molecule has 1 aromatic rings. The van der Waals surface area contributed by atoms with Crippen LogP contribution in [-0.2, 0) is 13.0 Å². The Morgan fingerprint density at radius 2 is 2.21 bits per heavy atom. The summed E-state index contributed by atoms with van der Waals surface area (Å²) in [5.41, 5.74) is 1.89. The molecule has 104 valence electrons. The van der Waals surface area contributed by atoms with Gasteiger partial charge in [-0.1, -0.05) is 24.9 Å². The van der Waals surface area contributed by atoms with Gasteiger partial charge in [-0.15, -0.1) is 0 Å². The van der Waals surface area contributed by atoms with Crippen molar-refractivity contribution in [1.29, 1.82) is 0 Å². The fraction of sp³-hybridized carbons (Fsp3) is 0.600. The van der Waals surface area contributed by atoms with E-state index in [1.165, 1.54) is 5.56 Å². The highest BCUT2D eigenvalue weighted by atomic mass is 35.5. The van der Waals surface area contributed by atoms with Crippen LogP contribution in [0.15, 0.2) is 12.1 Å². The van der Waals surface area contributed by atoms with E-state index in [9.17, 15) is 5.11 Å². The van der Waals surface area contributed by atoms with Gasteiger partial charge >= 0.3 is 0 Å². The number of hydrogen-bond donors (Lipinski definition) is 1. The Kier molecular flexibility index (Phi) is 3.46. The predicted octanol–water partition coefficient (Wildman–Crippen LogP) is 2.62. The normalized spacial score (nSPS) is 20.8. The minimum absolute atomic E-state index is 0.475. The molecule has 1 aromatic carbocycles. The van der Waals surface area contributed by atoms with Crippen molar-refractivity contribution in [2.24, 2.45) is 0 Å². The van der Waals surface area contributed by atoms with E-state index in [4.69, 9.17) is 16.3 Å². The monoisotopic (exact) mass is 281 g/mol. The van der Waals surface area contributed by atoms with Gasteiger partial charge in [0.2, 0.25) is 0 Å². The summed E-state index contributed by atoms with van der Waals surface area (Å²) in [4.78, 5) is 2.25. The van der Waals surface area contributed by atoms with Crippen molar-refractivity contribution >= 4 is 11.6 Å². The molecule has 1 saturated heterocycles. The van der Waals surface area contributed by atoms with Gasteiger partial charge in [0.05, 0.1) is 12.2 Å². The Hall–Kier alpha value is -0.770. The first-order chi connectivity index (χ1) is 9.09. The third-order valence-corrected chi connectivity index (χ3v) is 4.19. The zero-order chi connectivity index (χ0) is 13.5. The molecule has 0 aliphatic carbocycles. The summed E-state index contributed by atoms with van der Waals surface area (Å²) in [5.74, 6) is 1.01. The van der Waals surface area contributed by atoms with E-state index in [-0.39, 0.29) is 0 Å². The van der Waals surface area contributed by atoms with E-state index < -0.39 is 5.60 Å². The fourth-order valence-electron chi connectivity index (χ4n) is 3.23. The van der Waals surface area contributed by atoms with Gasteiger partial charge in [0.25, 0.3) is 0 Å². The van der Waals surface area contributed by atoms with E-state index in [1.54, 1.807) is 0 Å². The molecule has 2 aliphatic rings. The molecule has 1 fully saturated rings. The van der Waals surface area contributed by atoms with Crippen LogP contribution < -0.4 is 4.74 Å². The van der Waals surface area contributed by atoms with Crippen molar-refractivity contribution in [2.45, 2.75) is 38.3 Å². The summed E-state index contributed by atoms with van der Waals surface area (Å²) in [6, 6.07) is 3.99. The van der Waals surface area contributed by atoms with Crippen LogP contribution in [0.4, 0.5) is 0 Å². The molecular formula is C15H20ClNO2. The highest BCUT2D eigenvalue weighted by Crippen LogP contribution is 2.35. The van der Waals surface area contributed by atoms with Crippen LogP contribution in [0.1, 0.15) is 30.9 Å². The number of likely N-dealkylation sites (tertiary alicyclic amines) is 1. The third-order valence-electron chi connectivity index (χ3n) is 3.97. The number of nitrogens with zero attached hydrogens (tertiary/aromatic N) is 1. The quantitative estimate of drug-likeness (QED) is 0.921. The van der Waals surface area contributed by atoms with E-state index in [2.05, 4.69) is 11.8 Å². The van der Waals surface area contributed by atoms with Crippen molar-refractivity contribution in [2.75, 3.05) is 19.7 Å². The smallest absolute Gasteiger partial charge is 0.127 e. The lowest BCUT2D eigenvalue weighted by atomic mass is 9.89. The van der Waals surface area contributed by atoms with Crippen molar-refractivity contribution in [3.63, 3.8) is 0 Å². The number of rotatable bonds is 4. The number of hydrogen-bond acceptors (Lipinski definition) is 3. The molecule has 0 bridgehead atoms. The first kappa shape index (κ1) is 13.2. The summed E-state index contributed by atoms with van der Waals surface area (Å²) >= 11 is 6.16. The fourth-order valence-corrected chi connectivity index (χ4v) is 3.49. The molecular weight excluding hydrogens is 262 g/mol. The summed E-state index contributed by atoms with van der Waals surface area (Å²) < 4.78 is 5.71. The lowest BCUT2D eigenvalue weighted by Crippen LogP contribution is -2.60. The van der Waals surface area contributed by atoms with Crippen molar-refractivity contribution < 1.29 is 9.84 Å². The average Bonchev–Trinajstić information content (AvgIpc) is 2.75. The van der Waals surface area contributed by atoms with Gasteiger partial charge in [0.1, 0.15) is 5.75 Å². The molecule has 2 aliphatic heterocycles. The van der Waals surface area contributed by atoms with Gasteiger partial charge in [0.15, 0.2) is 0 Å². The Bertz CT molecular complexity index is 483. The highest BCUT2D eigenvalue weighted by Gasteiger charge is 2.40. The molecule has 0 atom stereocenters. The summed E-state index contributed by atoms with van der Waals surface area (Å²) in [7, 11) is 0. The Morgan fingerprint density at radius 1 is 1.42 bits per heavy atom. The first-order valence-electron chi connectivity index (χ1n) is 6.98. The van der Waals surface area contributed by atoms with E-state index in [1.807, 2.05) is 12.1 Å². The molecule has 3 rings (SSSR count). The van der Waals surface area contributed by atoms with Crippen molar-refractivity contribution in [3.8, 4) is 5.75 Å². The molecule has 4 heteroatoms. The minimum Gasteiger partial charge on any atom is -0.493 e. The lowest BCUT2D eigenvalue weighted by molar-refractivity contribution is -0.106. The Morgan fingerprint density at radius 3 is 2.95 bits per heavy atom. The number of fused-ring (bicyclic) bond motifs is 1. The minimum atomic E-state index is -0.475.